The maximum absolute atomic E-state index is 6.36. The molecule has 0 fully saturated rings. The number of nitrogens with zero attached hydrogens (tertiary/aromatic N) is 2. The summed E-state index contributed by atoms with van der Waals surface area (Å²) in [6, 6.07) is 5.59. The van der Waals surface area contributed by atoms with E-state index in [9.17, 15) is 0 Å². The molecule has 0 aliphatic heterocycles. The third-order valence-corrected chi connectivity index (χ3v) is 3.89. The quantitative estimate of drug-likeness (QED) is 0.800. The molecule has 1 aromatic heterocycles. The van der Waals surface area contributed by atoms with Crippen molar-refractivity contribution in [2.45, 2.75) is 39.3 Å². The van der Waals surface area contributed by atoms with Gasteiger partial charge < -0.3 is 5.32 Å². The first-order valence-electron chi connectivity index (χ1n) is 7.36. The monoisotopic (exact) mass is 325 g/mol. The fourth-order valence-electron chi connectivity index (χ4n) is 2.31. The largest absolute Gasteiger partial charge is 0.306 e. The van der Waals surface area contributed by atoms with Crippen molar-refractivity contribution >= 4 is 23.2 Å². The van der Waals surface area contributed by atoms with Crippen LogP contribution >= 0.6 is 23.2 Å². The van der Waals surface area contributed by atoms with Crippen LogP contribution in [0.5, 0.6) is 0 Å². The third-order valence-electron chi connectivity index (χ3n) is 3.31. The van der Waals surface area contributed by atoms with Crippen molar-refractivity contribution in [3.63, 3.8) is 0 Å². The van der Waals surface area contributed by atoms with Gasteiger partial charge in [-0.2, -0.15) is 5.10 Å². The fraction of sp³-hybridized carbons (Fsp3) is 0.438. The zero-order valence-electron chi connectivity index (χ0n) is 12.4. The molecule has 2 aromatic rings. The SMILES string of the molecule is CCCNC(c1cnn(CCC)c1)c1cc(Cl)ccc1Cl. The fourth-order valence-corrected chi connectivity index (χ4v) is 2.72. The average Bonchev–Trinajstić information content (AvgIpc) is 2.92. The molecule has 0 saturated carbocycles. The van der Waals surface area contributed by atoms with Crippen LogP contribution in [0.15, 0.2) is 30.6 Å². The van der Waals surface area contributed by atoms with Crippen molar-refractivity contribution in [2.24, 2.45) is 0 Å². The number of rotatable bonds is 7. The minimum Gasteiger partial charge on any atom is -0.306 e. The van der Waals surface area contributed by atoms with Gasteiger partial charge in [0.1, 0.15) is 0 Å². The Balaban J connectivity index is 2.34. The molecule has 114 valence electrons. The molecule has 0 saturated heterocycles. The molecule has 1 unspecified atom stereocenters. The Bertz CT molecular complexity index is 581. The van der Waals surface area contributed by atoms with Crippen LogP contribution in [0.25, 0.3) is 0 Å². The number of hydrogen-bond acceptors (Lipinski definition) is 2. The van der Waals surface area contributed by atoms with E-state index in [-0.39, 0.29) is 6.04 Å². The molecule has 0 radical (unpaired) electrons. The normalized spacial score (nSPS) is 12.6. The minimum atomic E-state index is 0.0155. The van der Waals surface area contributed by atoms with E-state index >= 15 is 0 Å². The summed E-state index contributed by atoms with van der Waals surface area (Å²) in [4.78, 5) is 0. The molecule has 1 aromatic carbocycles. The maximum atomic E-state index is 6.36. The zero-order valence-corrected chi connectivity index (χ0v) is 14.0. The van der Waals surface area contributed by atoms with Gasteiger partial charge in [-0.3, -0.25) is 4.68 Å². The molecule has 2 rings (SSSR count). The number of nitrogens with one attached hydrogen (secondary N) is 1. The van der Waals surface area contributed by atoms with Crippen molar-refractivity contribution in [3.05, 3.63) is 51.8 Å². The Kier molecular flexibility index (Phi) is 6.09. The van der Waals surface area contributed by atoms with Crippen LogP contribution in [-0.4, -0.2) is 16.3 Å². The zero-order chi connectivity index (χ0) is 15.2. The van der Waals surface area contributed by atoms with Gasteiger partial charge in [0.25, 0.3) is 0 Å². The highest BCUT2D eigenvalue weighted by molar-refractivity contribution is 6.33. The predicted octanol–water partition coefficient (Wildman–Crippen LogP) is 4.69. The first-order chi connectivity index (χ1) is 10.2. The van der Waals surface area contributed by atoms with E-state index in [1.807, 2.05) is 29.1 Å². The standard InChI is InChI=1S/C16H21Cl2N3/c1-3-7-19-16(12-10-20-21(11-12)8-4-2)14-9-13(17)5-6-15(14)18/h5-6,9-11,16,19H,3-4,7-8H2,1-2H3. The van der Waals surface area contributed by atoms with Crippen LogP contribution in [-0.2, 0) is 6.54 Å². The minimum absolute atomic E-state index is 0.0155. The molecule has 21 heavy (non-hydrogen) atoms. The number of hydrogen-bond donors (Lipinski definition) is 1. The molecule has 0 spiro atoms. The third kappa shape index (κ3) is 4.22. The van der Waals surface area contributed by atoms with Crippen LogP contribution < -0.4 is 5.32 Å². The molecule has 5 heteroatoms. The van der Waals surface area contributed by atoms with E-state index in [4.69, 9.17) is 23.2 Å². The molecule has 0 amide bonds. The Labute approximate surface area is 136 Å². The summed E-state index contributed by atoms with van der Waals surface area (Å²) in [5.74, 6) is 0. The van der Waals surface area contributed by atoms with Crippen LogP contribution in [0, 0.1) is 0 Å². The van der Waals surface area contributed by atoms with E-state index in [1.165, 1.54) is 0 Å². The van der Waals surface area contributed by atoms with Crippen LogP contribution in [0.1, 0.15) is 43.9 Å². The van der Waals surface area contributed by atoms with E-state index < -0.39 is 0 Å². The number of aryl methyl sites for hydroxylation is 1. The van der Waals surface area contributed by atoms with Gasteiger partial charge in [-0.15, -0.1) is 0 Å². The van der Waals surface area contributed by atoms with Gasteiger partial charge in [-0.1, -0.05) is 37.0 Å². The number of halogens is 2. The van der Waals surface area contributed by atoms with Crippen molar-refractivity contribution in [2.75, 3.05) is 6.54 Å². The highest BCUT2D eigenvalue weighted by Gasteiger charge is 2.18. The van der Waals surface area contributed by atoms with Crippen molar-refractivity contribution in [3.8, 4) is 0 Å². The molecule has 3 nitrogen and oxygen atoms in total. The molecule has 0 aliphatic rings. The smallest absolute Gasteiger partial charge is 0.0623 e. The van der Waals surface area contributed by atoms with Crippen LogP contribution in [0.2, 0.25) is 10.0 Å². The lowest BCUT2D eigenvalue weighted by Crippen LogP contribution is -2.23. The van der Waals surface area contributed by atoms with Gasteiger partial charge in [0.05, 0.1) is 12.2 Å². The van der Waals surface area contributed by atoms with Gasteiger partial charge in [-0.05, 0) is 43.1 Å². The van der Waals surface area contributed by atoms with Gasteiger partial charge in [0.15, 0.2) is 0 Å². The van der Waals surface area contributed by atoms with Gasteiger partial charge >= 0.3 is 0 Å². The van der Waals surface area contributed by atoms with E-state index in [0.717, 1.165) is 42.1 Å². The molecule has 0 aliphatic carbocycles. The Morgan fingerprint density at radius 1 is 1.24 bits per heavy atom. The molecule has 1 N–H and O–H groups in total. The summed E-state index contributed by atoms with van der Waals surface area (Å²) in [7, 11) is 0. The highest BCUT2D eigenvalue weighted by Crippen LogP contribution is 2.30. The van der Waals surface area contributed by atoms with E-state index in [0.29, 0.717) is 5.02 Å². The van der Waals surface area contributed by atoms with Crippen molar-refractivity contribution in [1.29, 1.82) is 0 Å². The Hall–Kier alpha value is -1.03. The van der Waals surface area contributed by atoms with Gasteiger partial charge in [-0.25, -0.2) is 0 Å². The number of benzene rings is 1. The predicted molar refractivity (Wildman–Crippen MR) is 89.1 cm³/mol. The average molecular weight is 326 g/mol. The Morgan fingerprint density at radius 2 is 2.05 bits per heavy atom. The summed E-state index contributed by atoms with van der Waals surface area (Å²) in [6.07, 6.45) is 6.10. The van der Waals surface area contributed by atoms with Gasteiger partial charge in [0.2, 0.25) is 0 Å². The second-order valence-corrected chi connectivity index (χ2v) is 5.93. The van der Waals surface area contributed by atoms with Crippen molar-refractivity contribution < 1.29 is 0 Å². The van der Waals surface area contributed by atoms with Crippen LogP contribution in [0.4, 0.5) is 0 Å². The topological polar surface area (TPSA) is 29.9 Å². The number of aromatic nitrogens is 2. The molecule has 0 bridgehead atoms. The summed E-state index contributed by atoms with van der Waals surface area (Å²) in [5.41, 5.74) is 2.11. The second-order valence-electron chi connectivity index (χ2n) is 5.09. The summed E-state index contributed by atoms with van der Waals surface area (Å²) < 4.78 is 1.97. The molecule has 1 atom stereocenters. The first-order valence-corrected chi connectivity index (χ1v) is 8.12. The lowest BCUT2D eigenvalue weighted by atomic mass is 10.0. The lowest BCUT2D eigenvalue weighted by molar-refractivity contribution is 0.588. The maximum Gasteiger partial charge on any atom is 0.0623 e. The van der Waals surface area contributed by atoms with E-state index in [1.54, 1.807) is 0 Å². The summed E-state index contributed by atoms with van der Waals surface area (Å²) in [6.45, 7) is 6.11. The summed E-state index contributed by atoms with van der Waals surface area (Å²) >= 11 is 12.5. The second kappa shape index (κ2) is 7.83. The molecule has 1 heterocycles. The molecular weight excluding hydrogens is 305 g/mol. The molecular formula is C16H21Cl2N3. The van der Waals surface area contributed by atoms with Gasteiger partial charge in [0, 0.05) is 28.4 Å². The Morgan fingerprint density at radius 3 is 2.76 bits per heavy atom. The van der Waals surface area contributed by atoms with E-state index in [2.05, 4.69) is 30.5 Å². The van der Waals surface area contributed by atoms with Crippen molar-refractivity contribution in [1.82, 2.24) is 15.1 Å². The lowest BCUT2D eigenvalue weighted by Gasteiger charge is -2.19. The first kappa shape index (κ1) is 16.3. The highest BCUT2D eigenvalue weighted by atomic mass is 35.5. The van der Waals surface area contributed by atoms with Crippen LogP contribution in [0.3, 0.4) is 0 Å². The summed E-state index contributed by atoms with van der Waals surface area (Å²) in [5, 5.41) is 9.35.